The highest BCUT2D eigenvalue weighted by Crippen LogP contribution is 2.19. The fourth-order valence-electron chi connectivity index (χ4n) is 2.79. The number of hydrogen-bond acceptors (Lipinski definition) is 4. The first-order valence-electron chi connectivity index (χ1n) is 8.53. The van der Waals surface area contributed by atoms with Crippen molar-refractivity contribution in [2.75, 3.05) is 20.6 Å². The van der Waals surface area contributed by atoms with Crippen LogP contribution in [0.5, 0.6) is 0 Å². The first-order valence-corrected chi connectivity index (χ1v) is 9.97. The van der Waals surface area contributed by atoms with E-state index in [1.165, 1.54) is 20.2 Å². The van der Waals surface area contributed by atoms with Gasteiger partial charge in [0.2, 0.25) is 10.0 Å². The highest BCUT2D eigenvalue weighted by Gasteiger charge is 2.21. The summed E-state index contributed by atoms with van der Waals surface area (Å²) >= 11 is 0. The number of sulfonamides is 1. The van der Waals surface area contributed by atoms with Gasteiger partial charge in [-0.1, -0.05) is 12.1 Å². The van der Waals surface area contributed by atoms with Crippen molar-refractivity contribution < 1.29 is 13.2 Å². The lowest BCUT2D eigenvalue weighted by atomic mass is 10.1. The molecule has 0 unspecified atom stereocenters. The van der Waals surface area contributed by atoms with Crippen molar-refractivity contribution in [2.45, 2.75) is 18.2 Å². The molecule has 0 spiro atoms. The van der Waals surface area contributed by atoms with Gasteiger partial charge in [0.1, 0.15) is 5.82 Å². The van der Waals surface area contributed by atoms with Crippen LogP contribution >= 0.6 is 0 Å². The number of nitrogens with one attached hydrogen (secondary N) is 1. The molecular weight excluding hydrogens is 364 g/mol. The molecule has 27 heavy (non-hydrogen) atoms. The number of nitrogens with zero attached hydrogens (tertiary/aromatic N) is 3. The smallest absolute Gasteiger partial charge is 0.251 e. The van der Waals surface area contributed by atoms with Gasteiger partial charge in [0, 0.05) is 38.8 Å². The molecule has 2 aromatic heterocycles. The van der Waals surface area contributed by atoms with Crippen LogP contribution in [0.25, 0.3) is 5.52 Å². The van der Waals surface area contributed by atoms with Gasteiger partial charge in [0.05, 0.1) is 16.6 Å². The van der Waals surface area contributed by atoms with E-state index >= 15 is 0 Å². The number of imidazole rings is 1. The normalized spacial score (nSPS) is 11.9. The predicted molar refractivity (Wildman–Crippen MR) is 103 cm³/mol. The number of pyridine rings is 1. The first kappa shape index (κ1) is 19.1. The maximum Gasteiger partial charge on any atom is 0.251 e. The van der Waals surface area contributed by atoms with Gasteiger partial charge in [-0.15, -0.1) is 0 Å². The van der Waals surface area contributed by atoms with Gasteiger partial charge in [-0.05, 0) is 36.8 Å². The summed E-state index contributed by atoms with van der Waals surface area (Å²) in [4.78, 5) is 17.0. The number of aromatic nitrogens is 2. The van der Waals surface area contributed by atoms with E-state index in [-0.39, 0.29) is 10.8 Å². The van der Waals surface area contributed by atoms with Crippen LogP contribution in [-0.4, -0.2) is 48.7 Å². The van der Waals surface area contributed by atoms with Gasteiger partial charge >= 0.3 is 0 Å². The Bertz CT molecular complexity index is 1090. The summed E-state index contributed by atoms with van der Waals surface area (Å²) in [6.45, 7) is 2.11. The monoisotopic (exact) mass is 386 g/mol. The van der Waals surface area contributed by atoms with Crippen molar-refractivity contribution in [1.82, 2.24) is 19.0 Å². The van der Waals surface area contributed by atoms with E-state index in [2.05, 4.69) is 10.3 Å². The van der Waals surface area contributed by atoms with Crippen LogP contribution in [0.1, 0.15) is 21.7 Å². The van der Waals surface area contributed by atoms with E-state index in [1.54, 1.807) is 25.3 Å². The Balaban J connectivity index is 1.71. The maximum atomic E-state index is 12.5. The van der Waals surface area contributed by atoms with Gasteiger partial charge in [-0.2, -0.15) is 0 Å². The molecule has 0 saturated heterocycles. The summed E-state index contributed by atoms with van der Waals surface area (Å²) in [5, 5.41) is 2.83. The summed E-state index contributed by atoms with van der Waals surface area (Å²) < 4.78 is 27.9. The minimum Gasteiger partial charge on any atom is -0.352 e. The van der Waals surface area contributed by atoms with E-state index in [9.17, 15) is 13.2 Å². The number of rotatable bonds is 6. The van der Waals surface area contributed by atoms with E-state index < -0.39 is 10.0 Å². The van der Waals surface area contributed by atoms with Crippen molar-refractivity contribution in [3.63, 3.8) is 0 Å². The lowest BCUT2D eigenvalue weighted by Crippen LogP contribution is -2.27. The Hall–Kier alpha value is -2.71. The summed E-state index contributed by atoms with van der Waals surface area (Å²) in [7, 11) is -0.667. The van der Waals surface area contributed by atoms with Crippen LogP contribution < -0.4 is 5.32 Å². The van der Waals surface area contributed by atoms with Crippen LogP contribution in [0.2, 0.25) is 0 Å². The van der Waals surface area contributed by atoms with Gasteiger partial charge in [0.25, 0.3) is 5.91 Å². The van der Waals surface area contributed by atoms with E-state index in [0.29, 0.717) is 24.1 Å². The molecule has 0 bridgehead atoms. The quantitative estimate of drug-likeness (QED) is 0.701. The lowest BCUT2D eigenvalue weighted by Gasteiger charge is -2.14. The minimum atomic E-state index is -3.60. The third-order valence-electron chi connectivity index (χ3n) is 4.36. The molecule has 0 fully saturated rings. The van der Waals surface area contributed by atoms with Crippen LogP contribution in [-0.2, 0) is 16.4 Å². The fraction of sp³-hybridized carbons (Fsp3) is 0.263. The van der Waals surface area contributed by atoms with Crippen LogP contribution in [0.4, 0.5) is 0 Å². The first-order chi connectivity index (χ1) is 12.8. The van der Waals surface area contributed by atoms with Crippen LogP contribution in [0.15, 0.2) is 53.7 Å². The molecule has 0 radical (unpaired) electrons. The van der Waals surface area contributed by atoms with E-state index in [0.717, 1.165) is 15.6 Å². The molecule has 1 amide bonds. The Labute approximate surface area is 158 Å². The number of fused-ring (bicyclic) bond motifs is 1. The van der Waals surface area contributed by atoms with Gasteiger partial charge in [-0.25, -0.2) is 17.7 Å². The van der Waals surface area contributed by atoms with Crippen LogP contribution in [0.3, 0.4) is 0 Å². The second kappa shape index (κ2) is 7.50. The van der Waals surface area contributed by atoms with Crippen molar-refractivity contribution in [3.8, 4) is 0 Å². The summed E-state index contributed by atoms with van der Waals surface area (Å²) in [6, 6.07) is 10.5. The van der Waals surface area contributed by atoms with Crippen molar-refractivity contribution in [3.05, 3.63) is 65.7 Å². The standard InChI is InChI=1S/C19H22N4O3S/c1-14-7-8-15(12-17(14)27(25,26)22(2)3)19(24)20-10-9-18-21-13-16-6-4-5-11-23(16)18/h4-8,11-13H,9-10H2,1-3H3,(H,20,24). The Morgan fingerprint density at radius 2 is 2.00 bits per heavy atom. The largest absolute Gasteiger partial charge is 0.352 e. The number of carbonyl (C=O) groups excluding carboxylic acids is 1. The van der Waals surface area contributed by atoms with Gasteiger partial charge in [0.15, 0.2) is 0 Å². The van der Waals surface area contributed by atoms with Crippen molar-refractivity contribution in [1.29, 1.82) is 0 Å². The molecule has 0 aliphatic rings. The molecule has 0 aliphatic carbocycles. The lowest BCUT2D eigenvalue weighted by molar-refractivity contribution is 0.0953. The number of amides is 1. The zero-order chi connectivity index (χ0) is 19.6. The third kappa shape index (κ3) is 3.86. The molecule has 1 aromatic carbocycles. The fourth-order valence-corrected chi connectivity index (χ4v) is 3.93. The molecule has 3 rings (SSSR count). The molecular formula is C19H22N4O3S. The number of aryl methyl sites for hydroxylation is 1. The average Bonchev–Trinajstić information content (AvgIpc) is 3.05. The topological polar surface area (TPSA) is 83.8 Å². The molecule has 0 saturated carbocycles. The zero-order valence-corrected chi connectivity index (χ0v) is 16.3. The van der Waals surface area contributed by atoms with Crippen LogP contribution in [0, 0.1) is 6.92 Å². The molecule has 0 aliphatic heterocycles. The Morgan fingerprint density at radius 1 is 1.22 bits per heavy atom. The van der Waals surface area contributed by atoms with E-state index in [4.69, 9.17) is 0 Å². The zero-order valence-electron chi connectivity index (χ0n) is 15.5. The molecule has 142 valence electrons. The van der Waals surface area contributed by atoms with Gasteiger partial charge in [-0.3, -0.25) is 4.79 Å². The number of hydrogen-bond donors (Lipinski definition) is 1. The van der Waals surface area contributed by atoms with Crippen molar-refractivity contribution >= 4 is 21.4 Å². The highest BCUT2D eigenvalue weighted by molar-refractivity contribution is 7.89. The molecule has 2 heterocycles. The maximum absolute atomic E-state index is 12.5. The minimum absolute atomic E-state index is 0.138. The molecule has 8 heteroatoms. The van der Waals surface area contributed by atoms with Gasteiger partial charge < -0.3 is 9.72 Å². The Kier molecular flexibility index (Phi) is 5.29. The molecule has 0 atom stereocenters. The highest BCUT2D eigenvalue weighted by atomic mass is 32.2. The summed E-state index contributed by atoms with van der Waals surface area (Å²) in [6.07, 6.45) is 4.28. The molecule has 1 N–H and O–H groups in total. The second-order valence-corrected chi connectivity index (χ2v) is 8.56. The third-order valence-corrected chi connectivity index (χ3v) is 6.32. The van der Waals surface area contributed by atoms with E-state index in [1.807, 2.05) is 28.8 Å². The van der Waals surface area contributed by atoms with Crippen molar-refractivity contribution in [2.24, 2.45) is 0 Å². The predicted octanol–water partition coefficient (Wildman–Crippen LogP) is 1.87. The number of benzene rings is 1. The number of carbonyl (C=O) groups is 1. The Morgan fingerprint density at radius 3 is 2.74 bits per heavy atom. The summed E-state index contributed by atoms with van der Waals surface area (Å²) in [5.74, 6) is 0.539. The second-order valence-electron chi connectivity index (χ2n) is 6.44. The summed E-state index contributed by atoms with van der Waals surface area (Å²) in [5.41, 5.74) is 1.91. The molecule has 3 aromatic rings. The SMILES string of the molecule is Cc1ccc(C(=O)NCCc2ncc3ccccn23)cc1S(=O)(=O)N(C)C. The molecule has 7 nitrogen and oxygen atoms in total. The average molecular weight is 386 g/mol.